The topological polar surface area (TPSA) is 74.3 Å². The van der Waals surface area contributed by atoms with Crippen LogP contribution in [0.5, 0.6) is 0 Å². The van der Waals surface area contributed by atoms with E-state index in [0.717, 1.165) is 5.69 Å². The fraction of sp³-hybridized carbons (Fsp3) is 0.364. The lowest BCUT2D eigenvalue weighted by Gasteiger charge is -2.27. The number of nitrogens with zero attached hydrogens (tertiary/aromatic N) is 2. The quantitative estimate of drug-likeness (QED) is 0.736. The van der Waals surface area contributed by atoms with Crippen LogP contribution in [0.25, 0.3) is 0 Å². The van der Waals surface area contributed by atoms with Gasteiger partial charge in [0.1, 0.15) is 0 Å². The smallest absolute Gasteiger partial charge is 0.258 e. The highest BCUT2D eigenvalue weighted by atomic mass is 16.2. The van der Waals surface area contributed by atoms with Gasteiger partial charge in [0.15, 0.2) is 0 Å². The van der Waals surface area contributed by atoms with Crippen molar-refractivity contribution in [3.63, 3.8) is 0 Å². The minimum Gasteiger partial charge on any atom is -0.387 e. The summed E-state index contributed by atoms with van der Waals surface area (Å²) >= 11 is 0. The molecule has 17 heavy (non-hydrogen) atoms. The number of aromatic nitrogens is 1. The fourth-order valence-corrected chi connectivity index (χ4v) is 1.77. The van der Waals surface area contributed by atoms with Gasteiger partial charge in [-0.05, 0) is 6.07 Å². The third-order valence-corrected chi connectivity index (χ3v) is 2.65. The number of hydrogen-bond donors (Lipinski definition) is 2. The Morgan fingerprint density at radius 3 is 3.12 bits per heavy atom. The lowest BCUT2D eigenvalue weighted by molar-refractivity contribution is -0.123. The van der Waals surface area contributed by atoms with Gasteiger partial charge in [0.2, 0.25) is 5.91 Å². The Labute approximate surface area is 99.0 Å². The van der Waals surface area contributed by atoms with Crippen molar-refractivity contribution in [1.82, 2.24) is 15.2 Å². The third-order valence-electron chi connectivity index (χ3n) is 2.65. The van der Waals surface area contributed by atoms with Crippen LogP contribution >= 0.6 is 0 Å². The van der Waals surface area contributed by atoms with Crippen LogP contribution in [0.15, 0.2) is 18.5 Å². The van der Waals surface area contributed by atoms with Crippen molar-refractivity contribution in [1.29, 1.82) is 0 Å². The first-order valence-corrected chi connectivity index (χ1v) is 5.40. The second-order valence-electron chi connectivity index (χ2n) is 3.75. The summed E-state index contributed by atoms with van der Waals surface area (Å²) in [6, 6.07) is 1.73. The molecule has 1 aliphatic heterocycles. The number of nitrogens with one attached hydrogen (secondary N) is 2. The zero-order chi connectivity index (χ0) is 12.3. The molecule has 0 spiro atoms. The average molecular weight is 234 g/mol. The molecule has 1 fully saturated rings. The van der Waals surface area contributed by atoms with Gasteiger partial charge in [-0.3, -0.25) is 14.6 Å². The average Bonchev–Trinajstić information content (AvgIpc) is 2.38. The molecule has 6 heteroatoms. The zero-order valence-corrected chi connectivity index (χ0v) is 9.56. The lowest BCUT2D eigenvalue weighted by atomic mass is 10.2. The zero-order valence-electron chi connectivity index (χ0n) is 9.56. The van der Waals surface area contributed by atoms with Crippen molar-refractivity contribution in [3.8, 4) is 0 Å². The van der Waals surface area contributed by atoms with Crippen LogP contribution in [0.2, 0.25) is 0 Å². The Kier molecular flexibility index (Phi) is 3.22. The van der Waals surface area contributed by atoms with Gasteiger partial charge in [-0.2, -0.15) is 0 Å². The maximum absolute atomic E-state index is 12.2. The standard InChI is InChI=1S/C11H14N4O2/c1-12-9-2-3-13-6-8(9)11(17)15-5-4-14-10(16)7-15/h2-3,6H,4-5,7H2,1H3,(H,12,13)(H,14,16). The minimum absolute atomic E-state index is 0.108. The van der Waals surface area contributed by atoms with Crippen LogP contribution in [0.4, 0.5) is 5.69 Å². The van der Waals surface area contributed by atoms with Crippen LogP contribution in [-0.4, -0.2) is 48.4 Å². The van der Waals surface area contributed by atoms with Crippen molar-refractivity contribution < 1.29 is 9.59 Å². The molecule has 2 N–H and O–H groups in total. The van der Waals surface area contributed by atoms with Crippen LogP contribution in [0.1, 0.15) is 10.4 Å². The molecule has 0 bridgehead atoms. The summed E-state index contributed by atoms with van der Waals surface area (Å²) in [6.07, 6.45) is 3.13. The molecule has 1 saturated heterocycles. The SMILES string of the molecule is CNc1ccncc1C(=O)N1CCNC(=O)C1. The second-order valence-corrected chi connectivity index (χ2v) is 3.75. The predicted molar refractivity (Wildman–Crippen MR) is 62.7 cm³/mol. The van der Waals surface area contributed by atoms with Crippen LogP contribution in [0, 0.1) is 0 Å². The van der Waals surface area contributed by atoms with E-state index in [2.05, 4.69) is 15.6 Å². The largest absolute Gasteiger partial charge is 0.387 e. The Morgan fingerprint density at radius 2 is 2.41 bits per heavy atom. The second kappa shape index (κ2) is 4.82. The number of amides is 2. The van der Waals surface area contributed by atoms with Gasteiger partial charge in [-0.1, -0.05) is 0 Å². The van der Waals surface area contributed by atoms with Gasteiger partial charge >= 0.3 is 0 Å². The summed E-state index contributed by atoms with van der Waals surface area (Å²) in [5, 5.41) is 5.62. The summed E-state index contributed by atoms with van der Waals surface area (Å²) in [4.78, 5) is 28.9. The van der Waals surface area contributed by atoms with Gasteiger partial charge in [0.25, 0.3) is 5.91 Å². The highest BCUT2D eigenvalue weighted by Crippen LogP contribution is 2.15. The molecule has 0 unspecified atom stereocenters. The van der Waals surface area contributed by atoms with Gasteiger partial charge in [0, 0.05) is 38.2 Å². The van der Waals surface area contributed by atoms with Crippen LogP contribution in [-0.2, 0) is 4.79 Å². The number of pyridine rings is 1. The maximum Gasteiger partial charge on any atom is 0.258 e. The number of hydrogen-bond acceptors (Lipinski definition) is 4. The Hall–Kier alpha value is -2.11. The molecule has 1 aromatic rings. The van der Waals surface area contributed by atoms with Gasteiger partial charge in [-0.25, -0.2) is 0 Å². The molecule has 1 aromatic heterocycles. The molecule has 0 radical (unpaired) electrons. The monoisotopic (exact) mass is 234 g/mol. The molecule has 0 atom stereocenters. The van der Waals surface area contributed by atoms with E-state index in [1.807, 2.05) is 0 Å². The summed E-state index contributed by atoms with van der Waals surface area (Å²) in [6.45, 7) is 1.14. The molecule has 0 aliphatic carbocycles. The molecule has 2 amide bonds. The molecule has 1 aliphatic rings. The van der Waals surface area contributed by atoms with E-state index < -0.39 is 0 Å². The highest BCUT2D eigenvalue weighted by Gasteiger charge is 2.23. The molecular weight excluding hydrogens is 220 g/mol. The first-order valence-electron chi connectivity index (χ1n) is 5.40. The molecule has 0 aromatic carbocycles. The number of piperazine rings is 1. The van der Waals surface area contributed by atoms with Gasteiger partial charge < -0.3 is 15.5 Å². The van der Waals surface area contributed by atoms with E-state index in [1.54, 1.807) is 19.3 Å². The summed E-state index contributed by atoms with van der Waals surface area (Å²) in [5.74, 6) is -0.295. The molecule has 2 heterocycles. The summed E-state index contributed by atoms with van der Waals surface area (Å²) < 4.78 is 0. The first kappa shape index (κ1) is 11.4. The normalized spacial score (nSPS) is 15.4. The van der Waals surface area contributed by atoms with Crippen LogP contribution in [0.3, 0.4) is 0 Å². The Morgan fingerprint density at radius 1 is 1.59 bits per heavy atom. The highest BCUT2D eigenvalue weighted by molar-refractivity contribution is 6.01. The van der Waals surface area contributed by atoms with Crippen molar-refractivity contribution in [2.75, 3.05) is 32.0 Å². The number of anilines is 1. The summed E-state index contributed by atoms with van der Waals surface area (Å²) in [7, 11) is 1.75. The molecule has 6 nitrogen and oxygen atoms in total. The van der Waals surface area contributed by atoms with Crippen molar-refractivity contribution in [2.24, 2.45) is 0 Å². The molecular formula is C11H14N4O2. The van der Waals surface area contributed by atoms with E-state index in [9.17, 15) is 9.59 Å². The summed E-state index contributed by atoms with van der Waals surface area (Å²) in [5.41, 5.74) is 1.21. The van der Waals surface area contributed by atoms with E-state index in [0.29, 0.717) is 18.7 Å². The van der Waals surface area contributed by atoms with Crippen molar-refractivity contribution >= 4 is 17.5 Å². The number of carbonyl (C=O) groups excluding carboxylic acids is 2. The Bertz CT molecular complexity index is 447. The van der Waals surface area contributed by atoms with E-state index in [-0.39, 0.29) is 18.4 Å². The lowest BCUT2D eigenvalue weighted by Crippen LogP contribution is -2.50. The van der Waals surface area contributed by atoms with Crippen molar-refractivity contribution in [3.05, 3.63) is 24.0 Å². The minimum atomic E-state index is -0.169. The molecule has 0 saturated carbocycles. The van der Waals surface area contributed by atoms with E-state index >= 15 is 0 Å². The van der Waals surface area contributed by atoms with E-state index in [1.165, 1.54) is 11.1 Å². The number of rotatable bonds is 2. The van der Waals surface area contributed by atoms with Gasteiger partial charge in [-0.15, -0.1) is 0 Å². The molecule has 2 rings (SSSR count). The van der Waals surface area contributed by atoms with Crippen molar-refractivity contribution in [2.45, 2.75) is 0 Å². The first-order chi connectivity index (χ1) is 8.22. The van der Waals surface area contributed by atoms with Crippen LogP contribution < -0.4 is 10.6 Å². The maximum atomic E-state index is 12.2. The molecule has 90 valence electrons. The van der Waals surface area contributed by atoms with Gasteiger partial charge in [0.05, 0.1) is 12.1 Å². The van der Waals surface area contributed by atoms with E-state index in [4.69, 9.17) is 0 Å². The fourth-order valence-electron chi connectivity index (χ4n) is 1.77. The number of carbonyl (C=O) groups is 2. The predicted octanol–water partition coefficient (Wildman–Crippen LogP) is -0.305. The Balaban J connectivity index is 2.21. The third kappa shape index (κ3) is 2.35.